The van der Waals surface area contributed by atoms with Gasteiger partial charge in [-0.1, -0.05) is 54.9 Å². The van der Waals surface area contributed by atoms with E-state index in [1.165, 1.54) is 30.0 Å². The molecule has 5 rings (SSSR count). The highest BCUT2D eigenvalue weighted by Crippen LogP contribution is 2.40. The van der Waals surface area contributed by atoms with Gasteiger partial charge in [0.1, 0.15) is 5.82 Å². The third kappa shape index (κ3) is 4.47. The highest BCUT2D eigenvalue weighted by Gasteiger charge is 2.50. The van der Waals surface area contributed by atoms with Crippen LogP contribution in [0.5, 0.6) is 0 Å². The molecule has 1 saturated carbocycles. The third-order valence-corrected chi connectivity index (χ3v) is 7.67. The number of nitrogens with one attached hydrogen (secondary N) is 1. The van der Waals surface area contributed by atoms with Crippen LogP contribution in [-0.2, 0) is 23.3 Å². The zero-order valence-corrected chi connectivity index (χ0v) is 19.1. The standard InChI is InChI=1S/C24H24F4N4OS/c25-18-10-8-15(9-11-18)13-31-21(33)19-6-1-2-7-20(19)32-22(31)29-30-23(32)34-14-16-4-3-5-17(12-16)24(26,27)28/h3-5,8-12,19-20,22,29H,1-2,6-7,13-14H2. The predicted octanol–water partition coefficient (Wildman–Crippen LogP) is 5.14. The first-order valence-electron chi connectivity index (χ1n) is 11.3. The van der Waals surface area contributed by atoms with E-state index in [0.29, 0.717) is 23.0 Å². The minimum atomic E-state index is -4.39. The Morgan fingerprint density at radius 1 is 1.06 bits per heavy atom. The van der Waals surface area contributed by atoms with E-state index in [0.717, 1.165) is 43.4 Å². The Morgan fingerprint density at radius 3 is 2.59 bits per heavy atom. The highest BCUT2D eigenvalue weighted by atomic mass is 32.2. The monoisotopic (exact) mass is 492 g/mol. The molecule has 2 aliphatic heterocycles. The van der Waals surface area contributed by atoms with E-state index in [9.17, 15) is 22.4 Å². The van der Waals surface area contributed by atoms with Crippen molar-refractivity contribution in [3.05, 3.63) is 71.0 Å². The zero-order valence-electron chi connectivity index (χ0n) is 18.3. The number of nitrogens with zero attached hydrogens (tertiary/aromatic N) is 3. The first-order valence-corrected chi connectivity index (χ1v) is 12.3. The topological polar surface area (TPSA) is 47.9 Å². The van der Waals surface area contributed by atoms with Crippen molar-refractivity contribution in [2.75, 3.05) is 0 Å². The van der Waals surface area contributed by atoms with E-state index in [4.69, 9.17) is 0 Å². The summed E-state index contributed by atoms with van der Waals surface area (Å²) in [5.41, 5.74) is 3.77. The maximum Gasteiger partial charge on any atom is 0.416 e. The summed E-state index contributed by atoms with van der Waals surface area (Å²) in [6, 6.07) is 11.4. The molecule has 0 bridgehead atoms. The van der Waals surface area contributed by atoms with Crippen LogP contribution in [0.3, 0.4) is 0 Å². The lowest BCUT2D eigenvalue weighted by molar-refractivity contribution is -0.156. The minimum Gasteiger partial charge on any atom is -0.307 e. The van der Waals surface area contributed by atoms with Gasteiger partial charge in [-0.05, 0) is 42.2 Å². The summed E-state index contributed by atoms with van der Waals surface area (Å²) < 4.78 is 52.6. The molecule has 180 valence electrons. The fourth-order valence-electron chi connectivity index (χ4n) is 4.99. The normalized spacial score (nSPS) is 24.4. The van der Waals surface area contributed by atoms with Gasteiger partial charge in [-0.2, -0.15) is 18.3 Å². The number of amides is 1. The lowest BCUT2D eigenvalue weighted by Crippen LogP contribution is -2.66. The average Bonchev–Trinajstić information content (AvgIpc) is 3.25. The fourth-order valence-corrected chi connectivity index (χ4v) is 5.97. The van der Waals surface area contributed by atoms with Crippen molar-refractivity contribution in [3.8, 4) is 0 Å². The van der Waals surface area contributed by atoms with Gasteiger partial charge in [-0.25, -0.2) is 4.39 Å². The van der Waals surface area contributed by atoms with Crippen LogP contribution in [-0.4, -0.2) is 33.2 Å². The van der Waals surface area contributed by atoms with Crippen LogP contribution < -0.4 is 5.43 Å². The van der Waals surface area contributed by atoms with E-state index in [1.807, 2.05) is 0 Å². The zero-order chi connectivity index (χ0) is 23.9. The molecule has 0 spiro atoms. The smallest absolute Gasteiger partial charge is 0.307 e. The minimum absolute atomic E-state index is 0.00141. The highest BCUT2D eigenvalue weighted by molar-refractivity contribution is 8.13. The van der Waals surface area contributed by atoms with Gasteiger partial charge in [0.25, 0.3) is 0 Å². The number of amidine groups is 1. The number of carbonyl (C=O) groups is 1. The van der Waals surface area contributed by atoms with Crippen molar-refractivity contribution >= 4 is 22.8 Å². The van der Waals surface area contributed by atoms with Crippen molar-refractivity contribution in [3.63, 3.8) is 0 Å². The van der Waals surface area contributed by atoms with Crippen LogP contribution in [0.25, 0.3) is 0 Å². The Hall–Kier alpha value is -2.75. The number of hydrogen-bond donors (Lipinski definition) is 1. The molecule has 34 heavy (non-hydrogen) atoms. The molecule has 2 fully saturated rings. The van der Waals surface area contributed by atoms with E-state index in [1.54, 1.807) is 23.1 Å². The molecule has 1 N–H and O–H groups in total. The predicted molar refractivity (Wildman–Crippen MR) is 122 cm³/mol. The maximum absolute atomic E-state index is 13.4. The Morgan fingerprint density at radius 2 is 1.82 bits per heavy atom. The van der Waals surface area contributed by atoms with Gasteiger partial charge in [-0.15, -0.1) is 0 Å². The number of halogens is 4. The molecule has 1 amide bonds. The number of hydrogen-bond acceptors (Lipinski definition) is 5. The van der Waals surface area contributed by atoms with Crippen LogP contribution in [0.2, 0.25) is 0 Å². The van der Waals surface area contributed by atoms with Crippen LogP contribution in [0.1, 0.15) is 42.4 Å². The summed E-state index contributed by atoms with van der Waals surface area (Å²) in [6.07, 6.45) is -1.21. The van der Waals surface area contributed by atoms with E-state index in [-0.39, 0.29) is 23.7 Å². The second-order valence-electron chi connectivity index (χ2n) is 8.84. The molecule has 1 saturated heterocycles. The largest absolute Gasteiger partial charge is 0.416 e. The summed E-state index contributed by atoms with van der Waals surface area (Å²) in [6.45, 7) is 0.317. The van der Waals surface area contributed by atoms with Gasteiger partial charge in [-0.3, -0.25) is 15.1 Å². The third-order valence-electron chi connectivity index (χ3n) is 6.63. The van der Waals surface area contributed by atoms with Crippen molar-refractivity contribution in [1.82, 2.24) is 15.2 Å². The maximum atomic E-state index is 13.4. The summed E-state index contributed by atoms with van der Waals surface area (Å²) in [7, 11) is 0. The molecular weight excluding hydrogens is 468 g/mol. The quantitative estimate of drug-likeness (QED) is 0.601. The number of rotatable bonds is 4. The Balaban J connectivity index is 1.36. The number of carbonyl (C=O) groups excluding carboxylic acids is 1. The van der Waals surface area contributed by atoms with Gasteiger partial charge in [0.15, 0.2) is 11.5 Å². The molecule has 3 atom stereocenters. The van der Waals surface area contributed by atoms with Gasteiger partial charge in [0, 0.05) is 18.3 Å². The summed E-state index contributed by atoms with van der Waals surface area (Å²) >= 11 is 1.37. The molecule has 5 nitrogen and oxygen atoms in total. The Labute approximate surface area is 199 Å². The van der Waals surface area contributed by atoms with Gasteiger partial charge >= 0.3 is 6.18 Å². The van der Waals surface area contributed by atoms with Crippen molar-refractivity contribution in [2.24, 2.45) is 11.0 Å². The number of thioether (sulfide) groups is 1. The molecule has 2 aromatic rings. The van der Waals surface area contributed by atoms with Crippen LogP contribution in [0.15, 0.2) is 53.6 Å². The number of hydrazone groups is 1. The van der Waals surface area contributed by atoms with Crippen LogP contribution >= 0.6 is 11.8 Å². The van der Waals surface area contributed by atoms with Crippen LogP contribution in [0, 0.1) is 11.7 Å². The lowest BCUT2D eigenvalue weighted by Gasteiger charge is -2.50. The summed E-state index contributed by atoms with van der Waals surface area (Å²) in [4.78, 5) is 17.3. The van der Waals surface area contributed by atoms with Gasteiger partial charge in [0.05, 0.1) is 11.5 Å². The Kier molecular flexibility index (Phi) is 6.18. The number of benzene rings is 2. The van der Waals surface area contributed by atoms with E-state index >= 15 is 0 Å². The number of fused-ring (bicyclic) bond motifs is 3. The van der Waals surface area contributed by atoms with E-state index in [2.05, 4.69) is 15.4 Å². The molecule has 10 heteroatoms. The molecule has 2 aromatic carbocycles. The van der Waals surface area contributed by atoms with Crippen molar-refractivity contribution < 1.29 is 22.4 Å². The summed E-state index contributed by atoms with van der Waals surface area (Å²) in [5, 5.41) is 5.15. The van der Waals surface area contributed by atoms with Crippen LogP contribution in [0.4, 0.5) is 17.6 Å². The second-order valence-corrected chi connectivity index (χ2v) is 9.78. The molecular formula is C24H24F4N4OS. The fraction of sp³-hybridized carbons (Fsp3) is 0.417. The average molecular weight is 493 g/mol. The molecule has 0 aromatic heterocycles. The first-order chi connectivity index (χ1) is 16.3. The van der Waals surface area contributed by atoms with E-state index < -0.39 is 18.0 Å². The molecule has 2 heterocycles. The first kappa shape index (κ1) is 23.0. The SMILES string of the molecule is O=C1C2CCCCC2N2C(SCc3cccc(C(F)(F)F)c3)=NNC2N1Cc1ccc(F)cc1. The van der Waals surface area contributed by atoms with Crippen molar-refractivity contribution in [2.45, 2.75) is 56.5 Å². The van der Waals surface area contributed by atoms with Gasteiger partial charge in [0.2, 0.25) is 5.91 Å². The number of alkyl halides is 3. The molecule has 3 unspecified atom stereocenters. The Bertz CT molecular complexity index is 1090. The second kappa shape index (κ2) is 9.13. The molecule has 3 aliphatic rings. The summed E-state index contributed by atoms with van der Waals surface area (Å²) in [5.74, 6) is -0.109. The molecule has 0 radical (unpaired) electrons. The van der Waals surface area contributed by atoms with Crippen molar-refractivity contribution in [1.29, 1.82) is 0 Å². The van der Waals surface area contributed by atoms with Gasteiger partial charge < -0.3 is 4.90 Å². The molecule has 1 aliphatic carbocycles. The lowest BCUT2D eigenvalue weighted by atomic mass is 9.81.